The number of fused-ring (bicyclic) bond motifs is 8. The average Bonchev–Trinajstić information content (AvgIpc) is 4.00. The predicted molar refractivity (Wildman–Crippen MR) is 249 cm³/mol. The van der Waals surface area contributed by atoms with Gasteiger partial charge in [0.05, 0.1) is 42.5 Å². The van der Waals surface area contributed by atoms with Crippen molar-refractivity contribution < 1.29 is 9.47 Å². The molecule has 4 aromatic rings. The molecule has 6 heteroatoms. The van der Waals surface area contributed by atoms with Gasteiger partial charge in [-0.05, 0) is 151 Å². The van der Waals surface area contributed by atoms with Crippen LogP contribution in [0.4, 0.5) is 0 Å². The van der Waals surface area contributed by atoms with Crippen molar-refractivity contribution in [2.45, 2.75) is 159 Å². The standard InChI is InChI=1S/C52H70N4O2/c1-13-23-25-40-47-34(17-5)32(15-3)43(53-47)30-44-33(16-4)35(18-6)48(54-44)41(26-24-14-2)50-37(20-8)39(22-10)52(56-50)46(42-29-31(57-11)27-28-45(42)58-12)51-38(21-9)36(19-7)49(40)55-51/h27-30,53,55H,13-26H2,1-12H3. The van der Waals surface area contributed by atoms with E-state index in [1.54, 1.807) is 14.2 Å². The SMILES string of the molecule is CCCCc1c2nc(cc3[nH]c(c(CC)c3CC)c(CCCC)c3[nH]c(c(CC)c3CC)c(-c3cc(OC)ccc3OC)c3nc1C(CC)=C3CC)C(CC)=C2CC. The number of benzene rings is 1. The van der Waals surface area contributed by atoms with Crippen LogP contribution in [0.5, 0.6) is 11.5 Å². The second-order valence-electron chi connectivity index (χ2n) is 15.8. The number of nitrogens with one attached hydrogen (secondary N) is 2. The van der Waals surface area contributed by atoms with Crippen LogP contribution in [-0.2, 0) is 38.5 Å². The molecule has 0 unspecified atom stereocenters. The van der Waals surface area contributed by atoms with Crippen molar-refractivity contribution in [3.8, 4) is 22.6 Å². The molecule has 8 bridgehead atoms. The number of aromatic nitrogens is 4. The maximum absolute atomic E-state index is 6.25. The molecule has 0 atom stereocenters. The number of nitrogens with zero attached hydrogens (tertiary/aromatic N) is 2. The maximum atomic E-state index is 6.25. The van der Waals surface area contributed by atoms with Gasteiger partial charge in [-0.3, -0.25) is 0 Å². The quantitative estimate of drug-likeness (QED) is 0.112. The first-order chi connectivity index (χ1) is 28.3. The van der Waals surface area contributed by atoms with Crippen LogP contribution in [-0.4, -0.2) is 34.2 Å². The van der Waals surface area contributed by atoms with Crippen molar-refractivity contribution in [2.75, 3.05) is 14.2 Å². The highest BCUT2D eigenvalue weighted by molar-refractivity contribution is 6.04. The number of rotatable bonds is 17. The van der Waals surface area contributed by atoms with E-state index in [2.05, 4.69) is 97.4 Å². The molecular formula is C52H70N4O2. The first kappa shape index (κ1) is 43.0. The van der Waals surface area contributed by atoms with Crippen LogP contribution in [0.25, 0.3) is 55.5 Å². The van der Waals surface area contributed by atoms with Gasteiger partial charge in [-0.25, -0.2) is 9.97 Å². The highest BCUT2D eigenvalue weighted by atomic mass is 16.5. The number of aromatic amines is 2. The molecule has 6 rings (SSSR count). The number of H-pyrrole nitrogens is 2. The number of aryl methyl sites for hydroxylation is 5. The molecule has 0 aliphatic carbocycles. The third kappa shape index (κ3) is 7.45. The summed E-state index contributed by atoms with van der Waals surface area (Å²) in [5.41, 5.74) is 25.0. The molecule has 5 heterocycles. The van der Waals surface area contributed by atoms with Crippen molar-refractivity contribution in [2.24, 2.45) is 0 Å². The highest BCUT2D eigenvalue weighted by Crippen LogP contribution is 2.48. The van der Waals surface area contributed by atoms with Crippen LogP contribution in [0.2, 0.25) is 0 Å². The Balaban J connectivity index is 2.06. The van der Waals surface area contributed by atoms with Crippen LogP contribution in [0.1, 0.15) is 177 Å². The Morgan fingerprint density at radius 3 is 1.59 bits per heavy atom. The zero-order valence-electron chi connectivity index (χ0n) is 37.9. The van der Waals surface area contributed by atoms with Gasteiger partial charge in [0.25, 0.3) is 0 Å². The zero-order valence-corrected chi connectivity index (χ0v) is 37.9. The third-order valence-electron chi connectivity index (χ3n) is 12.8. The summed E-state index contributed by atoms with van der Waals surface area (Å²) in [7, 11) is 3.53. The third-order valence-corrected chi connectivity index (χ3v) is 12.8. The number of methoxy groups -OCH3 is 2. The van der Waals surface area contributed by atoms with Gasteiger partial charge in [0.15, 0.2) is 0 Å². The van der Waals surface area contributed by atoms with E-state index in [9.17, 15) is 0 Å². The van der Waals surface area contributed by atoms with Crippen molar-refractivity contribution in [1.82, 2.24) is 19.9 Å². The summed E-state index contributed by atoms with van der Waals surface area (Å²) >= 11 is 0. The molecule has 0 saturated heterocycles. The molecule has 0 fully saturated rings. The van der Waals surface area contributed by atoms with Crippen molar-refractivity contribution in [3.05, 3.63) is 80.4 Å². The van der Waals surface area contributed by atoms with E-state index >= 15 is 0 Å². The minimum Gasteiger partial charge on any atom is -0.497 e. The number of hydrogen-bond acceptors (Lipinski definition) is 4. The van der Waals surface area contributed by atoms with E-state index in [1.165, 1.54) is 72.2 Å². The van der Waals surface area contributed by atoms with Crippen molar-refractivity contribution >= 4 is 44.4 Å². The summed E-state index contributed by atoms with van der Waals surface area (Å²) in [5, 5.41) is 0. The Morgan fingerprint density at radius 1 is 0.483 bits per heavy atom. The molecule has 0 saturated carbocycles. The Kier molecular flexibility index (Phi) is 14.1. The van der Waals surface area contributed by atoms with Crippen molar-refractivity contribution in [1.29, 1.82) is 0 Å². The van der Waals surface area contributed by atoms with Gasteiger partial charge in [0, 0.05) is 33.2 Å². The van der Waals surface area contributed by atoms with E-state index in [0.717, 1.165) is 141 Å². The second-order valence-corrected chi connectivity index (χ2v) is 15.8. The Morgan fingerprint density at radius 2 is 1.02 bits per heavy atom. The molecule has 0 radical (unpaired) electrons. The summed E-state index contributed by atoms with van der Waals surface area (Å²) in [6.45, 7) is 23.1. The lowest BCUT2D eigenvalue weighted by molar-refractivity contribution is 0.404. The van der Waals surface area contributed by atoms with E-state index < -0.39 is 0 Å². The number of ether oxygens (including phenoxy) is 2. The van der Waals surface area contributed by atoms with Gasteiger partial charge >= 0.3 is 0 Å². The average molecular weight is 783 g/mol. The van der Waals surface area contributed by atoms with Gasteiger partial charge in [-0.1, -0.05) is 82.1 Å². The number of hydrogen-bond donors (Lipinski definition) is 2. The van der Waals surface area contributed by atoms with Crippen LogP contribution in [0.3, 0.4) is 0 Å². The fraction of sp³-hybridized carbons (Fsp3) is 0.500. The van der Waals surface area contributed by atoms with Crippen molar-refractivity contribution in [3.63, 3.8) is 0 Å². The van der Waals surface area contributed by atoms with Crippen LogP contribution in [0, 0.1) is 0 Å². The summed E-state index contributed by atoms with van der Waals surface area (Å²) in [6.07, 6.45) is 13.7. The van der Waals surface area contributed by atoms with Gasteiger partial charge in [0.1, 0.15) is 11.5 Å². The summed E-state index contributed by atoms with van der Waals surface area (Å²) in [4.78, 5) is 20.0. The first-order valence-electron chi connectivity index (χ1n) is 22.8. The molecular weight excluding hydrogens is 713 g/mol. The summed E-state index contributed by atoms with van der Waals surface area (Å²) < 4.78 is 12.2. The lowest BCUT2D eigenvalue weighted by atomic mass is 9.90. The van der Waals surface area contributed by atoms with Gasteiger partial charge < -0.3 is 19.4 Å². The molecule has 2 aliphatic rings. The Bertz CT molecular complexity index is 2380. The number of unbranched alkanes of at least 4 members (excludes halogenated alkanes) is 2. The monoisotopic (exact) mass is 783 g/mol. The summed E-state index contributed by atoms with van der Waals surface area (Å²) in [6, 6.07) is 8.60. The minimum atomic E-state index is 0.796. The van der Waals surface area contributed by atoms with Gasteiger partial charge in [0.2, 0.25) is 0 Å². The smallest absolute Gasteiger partial charge is 0.127 e. The predicted octanol–water partition coefficient (Wildman–Crippen LogP) is 14.4. The van der Waals surface area contributed by atoms with Crippen LogP contribution >= 0.6 is 0 Å². The Hall–Kier alpha value is -4.58. The summed E-state index contributed by atoms with van der Waals surface area (Å²) in [5.74, 6) is 1.61. The first-order valence-corrected chi connectivity index (χ1v) is 22.8. The minimum absolute atomic E-state index is 0.796. The molecule has 3 aromatic heterocycles. The van der Waals surface area contributed by atoms with Gasteiger partial charge in [-0.15, -0.1) is 0 Å². The van der Waals surface area contributed by atoms with Crippen LogP contribution < -0.4 is 9.47 Å². The molecule has 0 spiro atoms. The zero-order chi connectivity index (χ0) is 41.7. The maximum Gasteiger partial charge on any atom is 0.127 e. The molecule has 2 N–H and O–H groups in total. The van der Waals surface area contributed by atoms with E-state index in [-0.39, 0.29) is 0 Å². The van der Waals surface area contributed by atoms with E-state index in [1.807, 2.05) is 6.07 Å². The molecule has 2 aliphatic heterocycles. The molecule has 1 aromatic carbocycles. The topological polar surface area (TPSA) is 75.8 Å². The Labute approximate surface area is 349 Å². The molecule has 0 amide bonds. The lowest BCUT2D eigenvalue weighted by Crippen LogP contribution is -2.00. The fourth-order valence-electron chi connectivity index (χ4n) is 10.0. The second kappa shape index (κ2) is 19.0. The molecule has 6 nitrogen and oxygen atoms in total. The fourth-order valence-corrected chi connectivity index (χ4v) is 10.0. The van der Waals surface area contributed by atoms with Gasteiger partial charge in [-0.2, -0.15) is 0 Å². The molecule has 310 valence electrons. The largest absolute Gasteiger partial charge is 0.497 e. The molecule has 58 heavy (non-hydrogen) atoms. The normalized spacial score (nSPS) is 13.0. The van der Waals surface area contributed by atoms with E-state index in [0.29, 0.717) is 0 Å². The number of allylic oxidation sites excluding steroid dienone is 4. The lowest BCUT2D eigenvalue weighted by Gasteiger charge is -2.15. The highest BCUT2D eigenvalue weighted by Gasteiger charge is 2.30. The van der Waals surface area contributed by atoms with Crippen LogP contribution in [0.15, 0.2) is 24.3 Å². The van der Waals surface area contributed by atoms with E-state index in [4.69, 9.17) is 19.4 Å².